The van der Waals surface area contributed by atoms with Crippen LogP contribution in [-0.2, 0) is 0 Å². The fraction of sp³-hybridized carbons (Fsp3) is 0.333. The lowest BCUT2D eigenvalue weighted by atomic mass is 10.1. The van der Waals surface area contributed by atoms with Crippen LogP contribution in [0.15, 0.2) is 23.4 Å². The Hall–Kier alpha value is -2.44. The quantitative estimate of drug-likeness (QED) is 0.320. The van der Waals surface area contributed by atoms with Gasteiger partial charge in [-0.25, -0.2) is 0 Å². The molecule has 0 radical (unpaired) electrons. The van der Waals surface area contributed by atoms with Crippen LogP contribution >= 0.6 is 0 Å². The minimum Gasteiger partial charge on any atom is -0.504 e. The van der Waals surface area contributed by atoms with Gasteiger partial charge in [-0.1, -0.05) is 5.16 Å². The summed E-state index contributed by atoms with van der Waals surface area (Å²) in [7, 11) is 2.94. The SMILES string of the molecule is COc1ccc(C(=O)N(C)C(C)C(N)=NO)cc1O. The Kier molecular flexibility index (Phi) is 4.57. The van der Waals surface area contributed by atoms with Crippen LogP contribution in [0.3, 0.4) is 0 Å². The van der Waals surface area contributed by atoms with E-state index in [1.807, 2.05) is 0 Å². The molecular weight excluding hydrogens is 250 g/mol. The third-order valence-electron chi connectivity index (χ3n) is 2.87. The molecule has 0 aliphatic carbocycles. The minimum atomic E-state index is -0.568. The number of phenolic OH excluding ortho intramolecular Hbond substituents is 1. The Morgan fingerprint density at radius 3 is 2.63 bits per heavy atom. The van der Waals surface area contributed by atoms with Gasteiger partial charge in [0.15, 0.2) is 17.3 Å². The number of rotatable bonds is 4. The molecule has 0 aromatic heterocycles. The first-order valence-corrected chi connectivity index (χ1v) is 5.54. The minimum absolute atomic E-state index is 0.0754. The van der Waals surface area contributed by atoms with Crippen molar-refractivity contribution in [3.8, 4) is 11.5 Å². The molecule has 1 rings (SSSR count). The van der Waals surface area contributed by atoms with Crippen LogP contribution in [-0.4, -0.2) is 47.2 Å². The van der Waals surface area contributed by atoms with Crippen molar-refractivity contribution in [2.75, 3.05) is 14.2 Å². The highest BCUT2D eigenvalue weighted by atomic mass is 16.5. The van der Waals surface area contributed by atoms with Gasteiger partial charge in [-0.15, -0.1) is 0 Å². The van der Waals surface area contributed by atoms with E-state index in [-0.39, 0.29) is 28.8 Å². The van der Waals surface area contributed by atoms with Gasteiger partial charge >= 0.3 is 0 Å². The van der Waals surface area contributed by atoms with Gasteiger partial charge in [-0.2, -0.15) is 0 Å². The Balaban J connectivity index is 2.97. The highest BCUT2D eigenvalue weighted by Crippen LogP contribution is 2.26. The number of methoxy groups -OCH3 is 1. The molecule has 4 N–H and O–H groups in total. The molecular formula is C12H17N3O4. The average molecular weight is 267 g/mol. The van der Waals surface area contributed by atoms with Crippen molar-refractivity contribution in [3.05, 3.63) is 23.8 Å². The maximum atomic E-state index is 12.1. The Morgan fingerprint density at radius 2 is 2.16 bits per heavy atom. The lowest BCUT2D eigenvalue weighted by Gasteiger charge is -2.23. The molecule has 19 heavy (non-hydrogen) atoms. The summed E-state index contributed by atoms with van der Waals surface area (Å²) in [6.07, 6.45) is 0. The normalized spacial score (nSPS) is 12.9. The van der Waals surface area contributed by atoms with E-state index in [9.17, 15) is 9.90 Å². The summed E-state index contributed by atoms with van der Waals surface area (Å²) in [4.78, 5) is 13.4. The Bertz CT molecular complexity index is 502. The number of phenols is 1. The van der Waals surface area contributed by atoms with E-state index in [0.29, 0.717) is 0 Å². The van der Waals surface area contributed by atoms with E-state index in [4.69, 9.17) is 15.7 Å². The topological polar surface area (TPSA) is 108 Å². The summed E-state index contributed by atoms with van der Waals surface area (Å²) in [5, 5.41) is 21.1. The van der Waals surface area contributed by atoms with Gasteiger partial charge in [-0.05, 0) is 25.1 Å². The van der Waals surface area contributed by atoms with Crippen LogP contribution in [0.2, 0.25) is 0 Å². The number of nitrogens with zero attached hydrogens (tertiary/aromatic N) is 2. The second-order valence-electron chi connectivity index (χ2n) is 4.00. The molecule has 0 saturated carbocycles. The molecule has 0 heterocycles. The standard InChI is InChI=1S/C12H17N3O4/c1-7(11(13)14-18)15(2)12(17)8-4-5-10(19-3)9(16)6-8/h4-7,16,18H,1-3H3,(H2,13,14). The zero-order chi connectivity index (χ0) is 14.6. The van der Waals surface area contributed by atoms with Crippen molar-refractivity contribution in [1.29, 1.82) is 0 Å². The van der Waals surface area contributed by atoms with Crippen molar-refractivity contribution < 1.29 is 19.8 Å². The Morgan fingerprint density at radius 1 is 1.53 bits per heavy atom. The van der Waals surface area contributed by atoms with Gasteiger partial charge in [-0.3, -0.25) is 4.79 Å². The van der Waals surface area contributed by atoms with Gasteiger partial charge < -0.3 is 25.7 Å². The van der Waals surface area contributed by atoms with Gasteiger partial charge in [0.1, 0.15) is 0 Å². The van der Waals surface area contributed by atoms with E-state index in [1.165, 1.54) is 37.3 Å². The first kappa shape index (κ1) is 14.6. The van der Waals surface area contributed by atoms with Crippen molar-refractivity contribution in [1.82, 2.24) is 4.90 Å². The molecule has 7 nitrogen and oxygen atoms in total. The second kappa shape index (κ2) is 5.94. The van der Waals surface area contributed by atoms with Crippen molar-refractivity contribution in [3.63, 3.8) is 0 Å². The Labute approximate surface area is 110 Å². The first-order valence-electron chi connectivity index (χ1n) is 5.54. The zero-order valence-corrected chi connectivity index (χ0v) is 11.0. The molecule has 0 bridgehead atoms. The molecule has 7 heteroatoms. The van der Waals surface area contributed by atoms with E-state index in [2.05, 4.69) is 5.16 Å². The number of carbonyl (C=O) groups is 1. The molecule has 1 aromatic rings. The third-order valence-corrected chi connectivity index (χ3v) is 2.87. The molecule has 0 fully saturated rings. The predicted octanol–water partition coefficient (Wildman–Crippen LogP) is 0.608. The summed E-state index contributed by atoms with van der Waals surface area (Å²) in [5.74, 6) is -0.285. The third kappa shape index (κ3) is 3.06. The summed E-state index contributed by atoms with van der Waals surface area (Å²) in [6.45, 7) is 1.62. The van der Waals surface area contributed by atoms with Crippen LogP contribution < -0.4 is 10.5 Å². The highest BCUT2D eigenvalue weighted by Gasteiger charge is 2.21. The van der Waals surface area contributed by atoms with Crippen LogP contribution in [0, 0.1) is 0 Å². The summed E-state index contributed by atoms with van der Waals surface area (Å²) in [6, 6.07) is 3.75. The summed E-state index contributed by atoms with van der Waals surface area (Å²) in [5.41, 5.74) is 5.72. The lowest BCUT2D eigenvalue weighted by Crippen LogP contribution is -2.43. The zero-order valence-electron chi connectivity index (χ0n) is 11.0. The highest BCUT2D eigenvalue weighted by molar-refractivity contribution is 5.98. The van der Waals surface area contributed by atoms with E-state index < -0.39 is 6.04 Å². The van der Waals surface area contributed by atoms with Crippen LogP contribution in [0.5, 0.6) is 11.5 Å². The van der Waals surface area contributed by atoms with Crippen LogP contribution in [0.25, 0.3) is 0 Å². The molecule has 1 unspecified atom stereocenters. The van der Waals surface area contributed by atoms with Gasteiger partial charge in [0.2, 0.25) is 0 Å². The van der Waals surface area contributed by atoms with E-state index in [1.54, 1.807) is 6.92 Å². The molecule has 104 valence electrons. The largest absolute Gasteiger partial charge is 0.504 e. The number of carbonyl (C=O) groups excluding carboxylic acids is 1. The lowest BCUT2D eigenvalue weighted by molar-refractivity contribution is 0.0776. The second-order valence-corrected chi connectivity index (χ2v) is 4.00. The maximum absolute atomic E-state index is 12.1. The fourth-order valence-corrected chi connectivity index (χ4v) is 1.48. The number of aromatic hydroxyl groups is 1. The number of hydrogen-bond donors (Lipinski definition) is 3. The molecule has 1 aromatic carbocycles. The number of oxime groups is 1. The first-order chi connectivity index (χ1) is 8.92. The molecule has 1 atom stereocenters. The summed E-state index contributed by atoms with van der Waals surface area (Å²) < 4.78 is 4.90. The van der Waals surface area contributed by atoms with Crippen molar-refractivity contribution in [2.45, 2.75) is 13.0 Å². The van der Waals surface area contributed by atoms with Crippen molar-refractivity contribution in [2.24, 2.45) is 10.9 Å². The van der Waals surface area contributed by atoms with Crippen molar-refractivity contribution >= 4 is 11.7 Å². The fourth-order valence-electron chi connectivity index (χ4n) is 1.48. The van der Waals surface area contributed by atoms with Gasteiger partial charge in [0.25, 0.3) is 5.91 Å². The molecule has 0 spiro atoms. The van der Waals surface area contributed by atoms with Crippen LogP contribution in [0.1, 0.15) is 17.3 Å². The summed E-state index contributed by atoms with van der Waals surface area (Å²) >= 11 is 0. The smallest absolute Gasteiger partial charge is 0.254 e. The number of nitrogens with two attached hydrogens (primary N) is 1. The number of amides is 1. The molecule has 0 aliphatic heterocycles. The molecule has 0 saturated heterocycles. The van der Waals surface area contributed by atoms with E-state index in [0.717, 1.165) is 0 Å². The number of ether oxygens (including phenoxy) is 1. The number of hydrogen-bond acceptors (Lipinski definition) is 5. The maximum Gasteiger partial charge on any atom is 0.254 e. The predicted molar refractivity (Wildman–Crippen MR) is 69.6 cm³/mol. The van der Waals surface area contributed by atoms with Crippen LogP contribution in [0.4, 0.5) is 0 Å². The van der Waals surface area contributed by atoms with Gasteiger partial charge in [0.05, 0.1) is 13.2 Å². The van der Waals surface area contributed by atoms with E-state index >= 15 is 0 Å². The molecule has 1 amide bonds. The number of likely N-dealkylation sites (N-methyl/N-ethyl adjacent to an activating group) is 1. The number of amidine groups is 1. The molecule has 0 aliphatic rings. The monoisotopic (exact) mass is 267 g/mol. The number of benzene rings is 1. The average Bonchev–Trinajstić information content (AvgIpc) is 2.43. The van der Waals surface area contributed by atoms with Gasteiger partial charge in [0, 0.05) is 12.6 Å².